The van der Waals surface area contributed by atoms with E-state index in [0.717, 1.165) is 26.1 Å². The summed E-state index contributed by atoms with van der Waals surface area (Å²) in [4.78, 5) is 5.22. The fourth-order valence-corrected chi connectivity index (χ4v) is 5.05. The van der Waals surface area contributed by atoms with Gasteiger partial charge in [-0.15, -0.1) is 0 Å². The van der Waals surface area contributed by atoms with E-state index in [9.17, 15) is 5.11 Å². The summed E-state index contributed by atoms with van der Waals surface area (Å²) >= 11 is 0. The molecule has 0 amide bonds. The monoisotopic (exact) mass is 350 g/mol. The molecule has 0 saturated carbocycles. The summed E-state index contributed by atoms with van der Waals surface area (Å²) in [7, 11) is 2.26. The number of benzene rings is 2. The third-order valence-electron chi connectivity index (χ3n) is 6.90. The largest absolute Gasteiger partial charge is 0.508 e. The van der Waals surface area contributed by atoms with Gasteiger partial charge in [-0.25, -0.2) is 0 Å². The lowest BCUT2D eigenvalue weighted by Crippen LogP contribution is -2.61. The van der Waals surface area contributed by atoms with Gasteiger partial charge in [-0.3, -0.25) is 9.80 Å². The molecule has 0 spiro atoms. The van der Waals surface area contributed by atoms with Crippen LogP contribution in [0.15, 0.2) is 54.6 Å². The van der Waals surface area contributed by atoms with Crippen molar-refractivity contribution in [2.75, 3.05) is 26.7 Å². The van der Waals surface area contributed by atoms with Gasteiger partial charge in [0.1, 0.15) is 5.75 Å². The molecule has 0 radical (unpaired) electrons. The number of fused-ring (bicyclic) bond motifs is 1. The normalized spacial score (nSPS) is 33.0. The first-order valence-corrected chi connectivity index (χ1v) is 9.76. The SMILES string of the molecule is CC1CN2CC(c3ccccc3)N(C)CC2C[C@@]1(C)c1cccc(O)c1. The van der Waals surface area contributed by atoms with Crippen LogP contribution in [0.25, 0.3) is 0 Å². The summed E-state index contributed by atoms with van der Waals surface area (Å²) < 4.78 is 0. The average molecular weight is 351 g/mol. The fraction of sp³-hybridized carbons (Fsp3) is 0.478. The Kier molecular flexibility index (Phi) is 4.54. The molecule has 0 aliphatic carbocycles. The highest BCUT2D eigenvalue weighted by Crippen LogP contribution is 2.44. The lowest BCUT2D eigenvalue weighted by Gasteiger charge is -2.54. The number of rotatable bonds is 2. The number of piperazine rings is 1. The molecule has 3 heteroatoms. The van der Waals surface area contributed by atoms with E-state index in [1.807, 2.05) is 12.1 Å². The van der Waals surface area contributed by atoms with Gasteiger partial charge in [0.2, 0.25) is 0 Å². The van der Waals surface area contributed by atoms with Crippen LogP contribution in [0.1, 0.15) is 37.4 Å². The molecule has 1 N–H and O–H groups in total. The van der Waals surface area contributed by atoms with Crippen LogP contribution in [0.5, 0.6) is 5.75 Å². The second kappa shape index (κ2) is 6.71. The van der Waals surface area contributed by atoms with Gasteiger partial charge in [0.25, 0.3) is 0 Å². The van der Waals surface area contributed by atoms with Gasteiger partial charge in [-0.1, -0.05) is 56.3 Å². The Labute approximate surface area is 157 Å². The van der Waals surface area contributed by atoms with Crippen molar-refractivity contribution < 1.29 is 5.11 Å². The molecule has 2 aromatic rings. The lowest BCUT2D eigenvalue weighted by molar-refractivity contribution is -0.0225. The van der Waals surface area contributed by atoms with E-state index in [2.05, 4.69) is 67.1 Å². The van der Waals surface area contributed by atoms with Crippen LogP contribution in [0.4, 0.5) is 0 Å². The molecule has 26 heavy (non-hydrogen) atoms. The number of likely N-dealkylation sites (N-methyl/N-ethyl adjacent to an activating group) is 1. The van der Waals surface area contributed by atoms with Gasteiger partial charge >= 0.3 is 0 Å². The number of piperidine rings is 1. The molecule has 4 atom stereocenters. The highest BCUT2D eigenvalue weighted by atomic mass is 16.3. The van der Waals surface area contributed by atoms with Crippen molar-refractivity contribution in [1.82, 2.24) is 9.80 Å². The van der Waals surface area contributed by atoms with Crippen LogP contribution in [0.3, 0.4) is 0 Å². The van der Waals surface area contributed by atoms with Crippen molar-refractivity contribution in [3.8, 4) is 5.75 Å². The molecule has 2 heterocycles. The third kappa shape index (κ3) is 3.04. The van der Waals surface area contributed by atoms with E-state index in [4.69, 9.17) is 0 Å². The Balaban J connectivity index is 1.57. The van der Waals surface area contributed by atoms with Crippen molar-refractivity contribution >= 4 is 0 Å². The van der Waals surface area contributed by atoms with Gasteiger partial charge < -0.3 is 5.11 Å². The molecular formula is C23H30N2O. The first kappa shape index (κ1) is 17.6. The van der Waals surface area contributed by atoms with E-state index in [0.29, 0.717) is 23.8 Å². The van der Waals surface area contributed by atoms with Crippen molar-refractivity contribution in [3.63, 3.8) is 0 Å². The van der Waals surface area contributed by atoms with Crippen LogP contribution in [0.2, 0.25) is 0 Å². The smallest absolute Gasteiger partial charge is 0.115 e. The summed E-state index contributed by atoms with van der Waals surface area (Å²) in [5, 5.41) is 9.96. The van der Waals surface area contributed by atoms with Gasteiger partial charge in [-0.2, -0.15) is 0 Å². The summed E-state index contributed by atoms with van der Waals surface area (Å²) in [6.07, 6.45) is 1.14. The molecule has 0 aromatic heterocycles. The van der Waals surface area contributed by atoms with E-state index < -0.39 is 0 Å². The third-order valence-corrected chi connectivity index (χ3v) is 6.90. The predicted molar refractivity (Wildman–Crippen MR) is 106 cm³/mol. The van der Waals surface area contributed by atoms with Crippen LogP contribution in [0, 0.1) is 5.92 Å². The highest BCUT2D eigenvalue weighted by Gasteiger charge is 2.45. The van der Waals surface area contributed by atoms with Crippen LogP contribution < -0.4 is 0 Å². The summed E-state index contributed by atoms with van der Waals surface area (Å²) in [5.74, 6) is 0.934. The van der Waals surface area contributed by atoms with Crippen LogP contribution in [-0.4, -0.2) is 47.6 Å². The van der Waals surface area contributed by atoms with E-state index in [1.165, 1.54) is 11.1 Å². The maximum atomic E-state index is 9.96. The molecule has 4 rings (SSSR count). The second-order valence-electron chi connectivity index (χ2n) is 8.55. The number of nitrogens with zero attached hydrogens (tertiary/aromatic N) is 2. The molecule has 2 aliphatic rings. The maximum Gasteiger partial charge on any atom is 0.115 e. The van der Waals surface area contributed by atoms with Crippen LogP contribution in [-0.2, 0) is 5.41 Å². The predicted octanol–water partition coefficient (Wildman–Crippen LogP) is 4.05. The van der Waals surface area contributed by atoms with Crippen molar-refractivity contribution in [2.24, 2.45) is 5.92 Å². The van der Waals surface area contributed by atoms with Gasteiger partial charge in [0, 0.05) is 31.7 Å². The second-order valence-corrected chi connectivity index (χ2v) is 8.55. The molecule has 138 valence electrons. The van der Waals surface area contributed by atoms with E-state index in [-0.39, 0.29) is 5.41 Å². The Hall–Kier alpha value is -1.84. The maximum absolute atomic E-state index is 9.96. The molecule has 2 fully saturated rings. The number of hydrogen-bond acceptors (Lipinski definition) is 3. The van der Waals surface area contributed by atoms with Crippen molar-refractivity contribution in [2.45, 2.75) is 37.8 Å². The van der Waals surface area contributed by atoms with E-state index in [1.54, 1.807) is 6.07 Å². The minimum atomic E-state index is 0.111. The summed E-state index contributed by atoms with van der Waals surface area (Å²) in [6.45, 7) is 8.07. The molecule has 2 saturated heterocycles. The average Bonchev–Trinajstić information content (AvgIpc) is 2.63. The number of aromatic hydroxyl groups is 1. The Bertz CT molecular complexity index is 762. The first-order chi connectivity index (χ1) is 12.5. The van der Waals surface area contributed by atoms with Gasteiger partial charge in [0.05, 0.1) is 0 Å². The minimum Gasteiger partial charge on any atom is -0.508 e. The Morgan fingerprint density at radius 2 is 1.77 bits per heavy atom. The molecule has 3 unspecified atom stereocenters. The van der Waals surface area contributed by atoms with Gasteiger partial charge in [-0.05, 0) is 48.1 Å². The van der Waals surface area contributed by atoms with Crippen molar-refractivity contribution in [3.05, 3.63) is 65.7 Å². The molecule has 0 bridgehead atoms. The fourth-order valence-electron chi connectivity index (χ4n) is 5.05. The summed E-state index contributed by atoms with van der Waals surface area (Å²) in [5.41, 5.74) is 2.81. The zero-order chi connectivity index (χ0) is 18.3. The summed E-state index contributed by atoms with van der Waals surface area (Å²) in [6, 6.07) is 19.8. The van der Waals surface area contributed by atoms with Crippen LogP contribution >= 0.6 is 0 Å². The highest BCUT2D eigenvalue weighted by molar-refractivity contribution is 5.34. The topological polar surface area (TPSA) is 26.7 Å². The first-order valence-electron chi connectivity index (χ1n) is 9.76. The molecule has 2 aliphatic heterocycles. The minimum absolute atomic E-state index is 0.111. The number of phenols is 1. The quantitative estimate of drug-likeness (QED) is 0.885. The van der Waals surface area contributed by atoms with E-state index >= 15 is 0 Å². The van der Waals surface area contributed by atoms with Gasteiger partial charge in [0.15, 0.2) is 0 Å². The number of hydrogen-bond donors (Lipinski definition) is 1. The Morgan fingerprint density at radius 1 is 1.00 bits per heavy atom. The molecular weight excluding hydrogens is 320 g/mol. The zero-order valence-electron chi connectivity index (χ0n) is 16.1. The molecule has 3 nitrogen and oxygen atoms in total. The lowest BCUT2D eigenvalue weighted by atomic mass is 9.65. The Morgan fingerprint density at radius 3 is 2.50 bits per heavy atom. The standard InChI is InChI=1S/C23H30N2O/c1-17-14-25-16-22(18-8-5-4-6-9-18)24(3)15-20(25)13-23(17,2)19-10-7-11-21(26)12-19/h4-12,17,20,22,26H,13-16H2,1-3H3/t17?,20?,22?,23-/m1/s1. The number of phenolic OH excluding ortho intramolecular Hbond substituents is 1. The molecule has 2 aromatic carbocycles. The van der Waals surface area contributed by atoms with Crippen molar-refractivity contribution in [1.29, 1.82) is 0 Å². The zero-order valence-corrected chi connectivity index (χ0v) is 16.1.